The lowest BCUT2D eigenvalue weighted by molar-refractivity contribution is 0.475. The normalized spacial score (nSPS) is 9.70. The second kappa shape index (κ2) is 2.06. The molecule has 0 aliphatic heterocycles. The Balaban J connectivity index is 3.34. The van der Waals surface area contributed by atoms with Crippen molar-refractivity contribution in [1.82, 2.24) is 0 Å². The first-order valence-corrected chi connectivity index (χ1v) is 2.65. The van der Waals surface area contributed by atoms with Crippen LogP contribution in [0, 0.1) is 5.82 Å². The topological polar surface area (TPSA) is 72.3 Å². The summed E-state index contributed by atoms with van der Waals surface area (Å²) < 4.78 is 12.4. The van der Waals surface area contributed by atoms with Gasteiger partial charge in [-0.3, -0.25) is 0 Å². The molecule has 0 aliphatic carbocycles. The molecule has 0 bridgehead atoms. The lowest BCUT2D eigenvalue weighted by Gasteiger charge is -2.01. The van der Waals surface area contributed by atoms with Crippen molar-refractivity contribution in [2.45, 2.75) is 0 Å². The van der Waals surface area contributed by atoms with E-state index in [1.807, 2.05) is 0 Å². The van der Waals surface area contributed by atoms with E-state index >= 15 is 0 Å². The van der Waals surface area contributed by atoms with E-state index < -0.39 is 5.82 Å². The molecule has 0 heterocycles. The number of rotatable bonds is 0. The number of nitrogens with two attached hydrogens (primary N) is 2. The Hall–Kier alpha value is -1.45. The Morgan fingerprint density at radius 1 is 1.30 bits per heavy atom. The highest BCUT2D eigenvalue weighted by molar-refractivity contribution is 5.66. The molecule has 0 amide bonds. The molecule has 4 heteroatoms. The van der Waals surface area contributed by atoms with Gasteiger partial charge in [-0.1, -0.05) is 0 Å². The first-order chi connectivity index (χ1) is 4.63. The largest absolute Gasteiger partial charge is 0.504 e. The van der Waals surface area contributed by atoms with E-state index in [9.17, 15) is 4.39 Å². The summed E-state index contributed by atoms with van der Waals surface area (Å²) in [5.41, 5.74) is 10.0. The van der Waals surface area contributed by atoms with Crippen molar-refractivity contribution in [2.75, 3.05) is 11.5 Å². The minimum atomic E-state index is -0.660. The van der Waals surface area contributed by atoms with E-state index in [0.29, 0.717) is 0 Å². The fraction of sp³-hybridized carbons (Fsp3) is 0. The van der Waals surface area contributed by atoms with Crippen molar-refractivity contribution in [1.29, 1.82) is 0 Å². The van der Waals surface area contributed by atoms with E-state index in [0.717, 1.165) is 6.07 Å². The number of phenolic OH excluding ortho intramolecular Hbond substituents is 1. The zero-order valence-electron chi connectivity index (χ0n) is 5.13. The van der Waals surface area contributed by atoms with E-state index in [1.54, 1.807) is 0 Å². The van der Waals surface area contributed by atoms with Crippen LogP contribution in [0.4, 0.5) is 15.8 Å². The van der Waals surface area contributed by atoms with E-state index in [4.69, 9.17) is 16.6 Å². The van der Waals surface area contributed by atoms with Gasteiger partial charge in [-0.15, -0.1) is 0 Å². The lowest BCUT2D eigenvalue weighted by atomic mass is 10.2. The second-order valence-corrected chi connectivity index (χ2v) is 1.90. The number of anilines is 2. The van der Waals surface area contributed by atoms with Crippen LogP contribution in [-0.2, 0) is 0 Å². The standard InChI is InChI=1S/C6H7FN2O/c7-3-1-2-4(8)6(10)5(3)9/h1-2,10H,8-9H2. The van der Waals surface area contributed by atoms with Gasteiger partial charge in [-0.05, 0) is 12.1 Å². The maximum Gasteiger partial charge on any atom is 0.164 e. The van der Waals surface area contributed by atoms with Crippen LogP contribution in [0.15, 0.2) is 12.1 Å². The monoisotopic (exact) mass is 142 g/mol. The quantitative estimate of drug-likeness (QED) is 0.368. The molecule has 0 saturated carbocycles. The maximum absolute atomic E-state index is 12.4. The molecule has 0 saturated heterocycles. The Morgan fingerprint density at radius 2 is 1.90 bits per heavy atom. The number of hydrogen-bond acceptors (Lipinski definition) is 3. The van der Waals surface area contributed by atoms with Gasteiger partial charge in [0.1, 0.15) is 11.5 Å². The van der Waals surface area contributed by atoms with Crippen LogP contribution in [0.1, 0.15) is 0 Å². The first-order valence-electron chi connectivity index (χ1n) is 2.65. The molecule has 0 radical (unpaired) electrons. The molecular formula is C6H7FN2O. The van der Waals surface area contributed by atoms with Crippen LogP contribution in [0.5, 0.6) is 5.75 Å². The first kappa shape index (κ1) is 6.67. The average molecular weight is 142 g/mol. The minimum absolute atomic E-state index is 0.0823. The lowest BCUT2D eigenvalue weighted by Crippen LogP contribution is -1.94. The molecule has 0 aliphatic rings. The fourth-order valence-corrected chi connectivity index (χ4v) is 0.600. The summed E-state index contributed by atoms with van der Waals surface area (Å²) in [6, 6.07) is 2.35. The number of hydrogen-bond donors (Lipinski definition) is 3. The number of nitrogen functional groups attached to an aromatic ring is 2. The van der Waals surface area contributed by atoms with Crippen LogP contribution in [-0.4, -0.2) is 5.11 Å². The average Bonchev–Trinajstić information content (AvgIpc) is 1.93. The van der Waals surface area contributed by atoms with Gasteiger partial charge in [0.15, 0.2) is 5.75 Å². The summed E-state index contributed by atoms with van der Waals surface area (Å²) in [4.78, 5) is 0. The van der Waals surface area contributed by atoms with Crippen LogP contribution in [0.25, 0.3) is 0 Å². The van der Waals surface area contributed by atoms with Crippen molar-refractivity contribution in [3.63, 3.8) is 0 Å². The maximum atomic E-state index is 12.4. The third-order valence-corrected chi connectivity index (χ3v) is 1.20. The fourth-order valence-electron chi connectivity index (χ4n) is 0.600. The van der Waals surface area contributed by atoms with Crippen molar-refractivity contribution in [3.05, 3.63) is 17.9 Å². The summed E-state index contributed by atoms with van der Waals surface area (Å²) in [5.74, 6) is -1.05. The predicted molar refractivity (Wildman–Crippen MR) is 36.9 cm³/mol. The highest BCUT2D eigenvalue weighted by Crippen LogP contribution is 2.28. The predicted octanol–water partition coefficient (Wildman–Crippen LogP) is 0.696. The Labute approximate surface area is 57.1 Å². The Kier molecular flexibility index (Phi) is 1.37. The molecule has 0 unspecified atom stereocenters. The number of aromatic hydroxyl groups is 1. The Bertz CT molecular complexity index is 235. The Morgan fingerprint density at radius 3 is 2.40 bits per heavy atom. The summed E-state index contributed by atoms with van der Waals surface area (Å²) in [6.07, 6.45) is 0. The van der Waals surface area contributed by atoms with Crippen molar-refractivity contribution >= 4 is 11.4 Å². The molecule has 3 nitrogen and oxygen atoms in total. The highest BCUT2D eigenvalue weighted by atomic mass is 19.1. The van der Waals surface area contributed by atoms with Gasteiger partial charge < -0.3 is 16.6 Å². The summed E-state index contributed by atoms with van der Waals surface area (Å²) >= 11 is 0. The summed E-state index contributed by atoms with van der Waals surface area (Å²) in [7, 11) is 0. The van der Waals surface area contributed by atoms with Crippen molar-refractivity contribution in [3.8, 4) is 5.75 Å². The smallest absolute Gasteiger partial charge is 0.164 e. The van der Waals surface area contributed by atoms with Crippen LogP contribution in [0.3, 0.4) is 0 Å². The molecule has 54 valence electrons. The van der Waals surface area contributed by atoms with Crippen LogP contribution in [0.2, 0.25) is 0 Å². The SMILES string of the molecule is Nc1ccc(F)c(N)c1O. The molecule has 1 rings (SSSR count). The molecule has 0 atom stereocenters. The summed E-state index contributed by atoms with van der Waals surface area (Å²) in [5, 5.41) is 8.90. The summed E-state index contributed by atoms with van der Waals surface area (Å²) in [6.45, 7) is 0. The molecule has 1 aromatic carbocycles. The zero-order valence-corrected chi connectivity index (χ0v) is 5.13. The van der Waals surface area contributed by atoms with Crippen molar-refractivity contribution in [2.24, 2.45) is 0 Å². The minimum Gasteiger partial charge on any atom is -0.504 e. The third kappa shape index (κ3) is 0.834. The van der Waals surface area contributed by atoms with Gasteiger partial charge in [0.05, 0.1) is 5.69 Å². The van der Waals surface area contributed by atoms with Gasteiger partial charge in [0, 0.05) is 0 Å². The van der Waals surface area contributed by atoms with Gasteiger partial charge in [-0.25, -0.2) is 4.39 Å². The van der Waals surface area contributed by atoms with E-state index in [-0.39, 0.29) is 17.1 Å². The number of phenols is 1. The molecule has 10 heavy (non-hydrogen) atoms. The molecular weight excluding hydrogens is 135 g/mol. The number of halogens is 1. The third-order valence-electron chi connectivity index (χ3n) is 1.20. The second-order valence-electron chi connectivity index (χ2n) is 1.90. The molecule has 0 spiro atoms. The number of benzene rings is 1. The highest BCUT2D eigenvalue weighted by Gasteiger charge is 2.05. The van der Waals surface area contributed by atoms with Gasteiger partial charge in [0.25, 0.3) is 0 Å². The van der Waals surface area contributed by atoms with E-state index in [1.165, 1.54) is 6.07 Å². The molecule has 5 N–H and O–H groups in total. The van der Waals surface area contributed by atoms with E-state index in [2.05, 4.69) is 0 Å². The van der Waals surface area contributed by atoms with Crippen molar-refractivity contribution < 1.29 is 9.50 Å². The molecule has 0 aromatic heterocycles. The molecule has 0 fully saturated rings. The van der Waals surface area contributed by atoms with Crippen LogP contribution < -0.4 is 11.5 Å². The van der Waals surface area contributed by atoms with Gasteiger partial charge in [-0.2, -0.15) is 0 Å². The molecule has 1 aromatic rings. The van der Waals surface area contributed by atoms with Gasteiger partial charge >= 0.3 is 0 Å². The van der Waals surface area contributed by atoms with Gasteiger partial charge in [0.2, 0.25) is 0 Å². The zero-order chi connectivity index (χ0) is 7.72. The van der Waals surface area contributed by atoms with Crippen LogP contribution >= 0.6 is 0 Å².